The average Bonchev–Trinajstić information content (AvgIpc) is 2.47. The van der Waals surface area contributed by atoms with Gasteiger partial charge >= 0.3 is 11.8 Å². The maximum atomic E-state index is 11.7. The summed E-state index contributed by atoms with van der Waals surface area (Å²) in [6.45, 7) is -0.187. The molecule has 1 rings (SSSR count). The summed E-state index contributed by atoms with van der Waals surface area (Å²) in [6, 6.07) is 6.82. The fourth-order valence-corrected chi connectivity index (χ4v) is 1.39. The molecular weight excluding hydrogens is 264 g/mol. The van der Waals surface area contributed by atoms with Gasteiger partial charge in [0.05, 0.1) is 19.8 Å². The van der Waals surface area contributed by atoms with Gasteiger partial charge in [-0.15, -0.1) is 0 Å². The summed E-state index contributed by atoms with van der Waals surface area (Å²) in [5.41, 5.74) is -0.174. The molecule has 0 radical (unpaired) electrons. The van der Waals surface area contributed by atoms with Crippen LogP contribution in [0.2, 0.25) is 0 Å². The van der Waals surface area contributed by atoms with E-state index in [1.165, 1.54) is 0 Å². The molecule has 2 amide bonds. The van der Waals surface area contributed by atoms with Crippen LogP contribution in [-0.4, -0.2) is 52.5 Å². The lowest BCUT2D eigenvalue weighted by Gasteiger charge is -2.28. The molecule has 0 fully saturated rings. The smallest absolute Gasteiger partial charge is 0.313 e. The number of amides is 2. The average molecular weight is 282 g/mol. The highest BCUT2D eigenvalue weighted by atomic mass is 16.3. The van der Waals surface area contributed by atoms with Gasteiger partial charge in [-0.25, -0.2) is 0 Å². The second-order valence-electron chi connectivity index (χ2n) is 4.53. The first kappa shape index (κ1) is 16.1. The van der Waals surface area contributed by atoms with Gasteiger partial charge in [0, 0.05) is 5.69 Å². The zero-order valence-corrected chi connectivity index (χ0v) is 11.1. The summed E-state index contributed by atoms with van der Waals surface area (Å²) in [7, 11) is 0. The number of hydrogen-bond donors (Lipinski definition) is 5. The normalized spacial score (nSPS) is 11.0. The minimum Gasteiger partial charge on any atom is -0.394 e. The molecule has 0 atom stereocenters. The quantitative estimate of drug-likeness (QED) is 0.433. The first-order valence-electron chi connectivity index (χ1n) is 5.99. The van der Waals surface area contributed by atoms with Crippen molar-refractivity contribution in [3.8, 4) is 0 Å². The van der Waals surface area contributed by atoms with Crippen LogP contribution in [0, 0.1) is 6.92 Å². The molecule has 5 N–H and O–H groups in total. The lowest BCUT2D eigenvalue weighted by Crippen LogP contribution is -2.59. The molecule has 0 saturated heterocycles. The molecule has 1 aromatic rings. The molecule has 0 heterocycles. The largest absolute Gasteiger partial charge is 0.394 e. The Labute approximate surface area is 116 Å². The zero-order chi connectivity index (χ0) is 15.2. The Kier molecular flexibility index (Phi) is 5.63. The standard InChI is InChI=1S/C13H18N2O5/c1-9-2-4-10(5-3-9)14-11(19)12(20)15-13(6-16,7-17)8-18/h2-5,16-18H,6-8H2,1H3,(H,14,19)(H,15,20). The Hall–Kier alpha value is -1.96. The molecule has 110 valence electrons. The maximum absolute atomic E-state index is 11.7. The van der Waals surface area contributed by atoms with Crippen molar-refractivity contribution in [1.82, 2.24) is 5.32 Å². The van der Waals surface area contributed by atoms with Crippen molar-refractivity contribution >= 4 is 17.5 Å². The van der Waals surface area contributed by atoms with E-state index in [1.54, 1.807) is 24.3 Å². The van der Waals surface area contributed by atoms with E-state index in [0.717, 1.165) is 5.56 Å². The number of nitrogens with one attached hydrogen (secondary N) is 2. The first-order chi connectivity index (χ1) is 9.46. The number of hydrogen-bond acceptors (Lipinski definition) is 5. The van der Waals surface area contributed by atoms with Gasteiger partial charge in [-0.3, -0.25) is 9.59 Å². The first-order valence-corrected chi connectivity index (χ1v) is 5.99. The number of benzene rings is 1. The number of carbonyl (C=O) groups excluding carboxylic acids is 2. The van der Waals surface area contributed by atoms with E-state index in [9.17, 15) is 9.59 Å². The summed E-state index contributed by atoms with van der Waals surface area (Å²) in [6.07, 6.45) is 0. The monoisotopic (exact) mass is 282 g/mol. The molecule has 0 unspecified atom stereocenters. The number of aryl methyl sites for hydroxylation is 1. The fourth-order valence-electron chi connectivity index (χ4n) is 1.39. The molecule has 7 heteroatoms. The minimum atomic E-state index is -1.62. The van der Waals surface area contributed by atoms with E-state index in [0.29, 0.717) is 5.69 Å². The molecule has 0 aliphatic heterocycles. The van der Waals surface area contributed by atoms with Crippen molar-refractivity contribution < 1.29 is 24.9 Å². The van der Waals surface area contributed by atoms with Crippen LogP contribution in [0.5, 0.6) is 0 Å². The highest BCUT2D eigenvalue weighted by Crippen LogP contribution is 2.08. The van der Waals surface area contributed by atoms with Crippen LogP contribution in [0.1, 0.15) is 5.56 Å². The molecule has 20 heavy (non-hydrogen) atoms. The predicted molar refractivity (Wildman–Crippen MR) is 71.9 cm³/mol. The molecule has 7 nitrogen and oxygen atoms in total. The van der Waals surface area contributed by atoms with E-state index in [1.807, 2.05) is 6.92 Å². The van der Waals surface area contributed by atoms with Gasteiger partial charge < -0.3 is 26.0 Å². The third-order valence-corrected chi connectivity index (χ3v) is 2.80. The summed E-state index contributed by atoms with van der Waals surface area (Å²) in [5, 5.41) is 31.7. The maximum Gasteiger partial charge on any atom is 0.313 e. The van der Waals surface area contributed by atoms with Crippen LogP contribution >= 0.6 is 0 Å². The molecule has 0 bridgehead atoms. The van der Waals surface area contributed by atoms with Gasteiger partial charge in [0.25, 0.3) is 0 Å². The van der Waals surface area contributed by atoms with Crippen LogP contribution < -0.4 is 10.6 Å². The highest BCUT2D eigenvalue weighted by molar-refractivity contribution is 6.39. The fraction of sp³-hybridized carbons (Fsp3) is 0.385. The Morgan fingerprint density at radius 2 is 1.50 bits per heavy atom. The minimum absolute atomic E-state index is 0.443. The number of rotatable bonds is 5. The summed E-state index contributed by atoms with van der Waals surface area (Å²) >= 11 is 0. The van der Waals surface area contributed by atoms with Crippen molar-refractivity contribution in [3.63, 3.8) is 0 Å². The van der Waals surface area contributed by atoms with E-state index in [4.69, 9.17) is 15.3 Å². The third kappa shape index (κ3) is 4.02. The van der Waals surface area contributed by atoms with Crippen LogP contribution in [-0.2, 0) is 9.59 Å². The van der Waals surface area contributed by atoms with Crippen LogP contribution in [0.4, 0.5) is 5.69 Å². The Morgan fingerprint density at radius 3 is 1.95 bits per heavy atom. The number of carbonyl (C=O) groups is 2. The summed E-state index contributed by atoms with van der Waals surface area (Å²) < 4.78 is 0. The van der Waals surface area contributed by atoms with Crippen molar-refractivity contribution in [2.24, 2.45) is 0 Å². The van der Waals surface area contributed by atoms with Crippen molar-refractivity contribution in [2.75, 3.05) is 25.1 Å². The molecule has 1 aromatic carbocycles. The van der Waals surface area contributed by atoms with Crippen LogP contribution in [0.15, 0.2) is 24.3 Å². The molecule has 0 aliphatic rings. The zero-order valence-electron chi connectivity index (χ0n) is 11.1. The van der Waals surface area contributed by atoms with Crippen LogP contribution in [0.25, 0.3) is 0 Å². The Morgan fingerprint density at radius 1 is 1.00 bits per heavy atom. The lowest BCUT2D eigenvalue weighted by molar-refractivity contribution is -0.138. The van der Waals surface area contributed by atoms with Gasteiger partial charge in [-0.1, -0.05) is 17.7 Å². The van der Waals surface area contributed by atoms with Gasteiger partial charge in [0.2, 0.25) is 0 Å². The van der Waals surface area contributed by atoms with E-state index in [2.05, 4.69) is 10.6 Å². The summed E-state index contributed by atoms with van der Waals surface area (Å²) in [4.78, 5) is 23.3. The van der Waals surface area contributed by atoms with Crippen LogP contribution in [0.3, 0.4) is 0 Å². The number of aliphatic hydroxyl groups is 3. The van der Waals surface area contributed by atoms with Gasteiger partial charge in [-0.2, -0.15) is 0 Å². The Balaban J connectivity index is 2.67. The number of anilines is 1. The predicted octanol–water partition coefficient (Wildman–Crippen LogP) is -1.23. The van der Waals surface area contributed by atoms with E-state index < -0.39 is 37.2 Å². The SMILES string of the molecule is Cc1ccc(NC(=O)C(=O)NC(CO)(CO)CO)cc1. The second kappa shape index (κ2) is 6.99. The second-order valence-corrected chi connectivity index (χ2v) is 4.53. The Bertz CT molecular complexity index is 460. The molecule has 0 aliphatic carbocycles. The summed E-state index contributed by atoms with van der Waals surface area (Å²) in [5.74, 6) is -2.00. The van der Waals surface area contributed by atoms with Gasteiger partial charge in [0.1, 0.15) is 5.54 Å². The van der Waals surface area contributed by atoms with Crippen molar-refractivity contribution in [3.05, 3.63) is 29.8 Å². The molecular formula is C13H18N2O5. The number of aliphatic hydroxyl groups excluding tert-OH is 3. The van der Waals surface area contributed by atoms with Crippen molar-refractivity contribution in [2.45, 2.75) is 12.5 Å². The van der Waals surface area contributed by atoms with Crippen molar-refractivity contribution in [1.29, 1.82) is 0 Å². The van der Waals surface area contributed by atoms with E-state index in [-0.39, 0.29) is 0 Å². The highest BCUT2D eigenvalue weighted by Gasteiger charge is 2.32. The lowest BCUT2D eigenvalue weighted by atomic mass is 10.0. The molecule has 0 spiro atoms. The van der Waals surface area contributed by atoms with Gasteiger partial charge in [0.15, 0.2) is 0 Å². The van der Waals surface area contributed by atoms with Gasteiger partial charge in [-0.05, 0) is 19.1 Å². The topological polar surface area (TPSA) is 119 Å². The third-order valence-electron chi connectivity index (χ3n) is 2.80. The van der Waals surface area contributed by atoms with E-state index >= 15 is 0 Å². The molecule has 0 aromatic heterocycles. The molecule has 0 saturated carbocycles.